The number of Topliss-reactive ketones (excluding diaryl/α,β-unsaturated/α-hetero) is 1. The summed E-state index contributed by atoms with van der Waals surface area (Å²) < 4.78 is 0. The van der Waals surface area contributed by atoms with Gasteiger partial charge in [0.1, 0.15) is 12.1 Å². The maximum atomic E-state index is 14.2. The fourth-order valence-corrected chi connectivity index (χ4v) is 10.7. The number of nitrogens with one attached hydrogen (secondary N) is 6. The molecule has 2 aromatic rings. The molecule has 6 rings (SSSR count). The van der Waals surface area contributed by atoms with Gasteiger partial charge in [-0.1, -0.05) is 141 Å². The Morgan fingerprint density at radius 3 is 1.22 bits per heavy atom. The summed E-state index contributed by atoms with van der Waals surface area (Å²) in [5.74, 6) is -4.08. The van der Waals surface area contributed by atoms with E-state index in [1.165, 1.54) is 9.80 Å². The van der Waals surface area contributed by atoms with Crippen LogP contribution < -0.4 is 43.4 Å². The maximum absolute atomic E-state index is 14.2. The van der Waals surface area contributed by atoms with Crippen LogP contribution in [-0.2, 0) is 44.4 Å². The van der Waals surface area contributed by atoms with Crippen LogP contribution in [0.5, 0.6) is 0 Å². The Morgan fingerprint density at radius 1 is 0.549 bits per heavy atom. The van der Waals surface area contributed by atoms with E-state index in [1.54, 1.807) is 0 Å². The van der Waals surface area contributed by atoms with Gasteiger partial charge >= 0.3 is 12.1 Å². The Balaban J connectivity index is 0.000000301. The number of aliphatic hydroxyl groups excluding tert-OH is 1. The first kappa shape index (κ1) is 66.2. The van der Waals surface area contributed by atoms with Crippen LogP contribution in [0.15, 0.2) is 60.7 Å². The average Bonchev–Trinajstić information content (AvgIpc) is 4.49. The van der Waals surface area contributed by atoms with Crippen molar-refractivity contribution in [3.63, 3.8) is 0 Å². The molecule has 5 atom stereocenters. The Hall–Kier alpha value is -6.57. The van der Waals surface area contributed by atoms with Crippen LogP contribution in [0.1, 0.15) is 171 Å². The van der Waals surface area contributed by atoms with Crippen LogP contribution in [-0.4, -0.2) is 136 Å². The monoisotopic (exact) mass is 1140 g/mol. The summed E-state index contributed by atoms with van der Waals surface area (Å²) in [6.45, 7) is 22.2. The van der Waals surface area contributed by atoms with Gasteiger partial charge in [0.15, 0.2) is 6.10 Å². The molecule has 11 N–H and O–H groups in total. The topological polar surface area (TPSA) is 305 Å². The fraction of sp³-hybridized carbons (Fsp3) is 0.661. The molecular formula is C62H96N10O10. The maximum Gasteiger partial charge on any atom is 0.315 e. The van der Waals surface area contributed by atoms with Crippen molar-refractivity contribution in [3.05, 3.63) is 71.8 Å². The van der Waals surface area contributed by atoms with Crippen LogP contribution in [0.2, 0.25) is 0 Å². The van der Waals surface area contributed by atoms with E-state index in [9.17, 15) is 48.3 Å². The molecule has 0 aromatic heterocycles. The standard InChI is InChI=1S/C31H49N5O5.C31H47N5O5/c2*1-29(2,3)25(34-28(41)35-30(4,5)6)27(40)36(19-31(15-16-31)21-13-8-7-9-14-21)18-23(37)33-22(24(38)26(32)39)17-20-11-10-12-20/h7-9,13-14,20,22,24-25,38H,10-12,15-19H2,1-6H3,(H2,32,39)(H,33,37)(H2,34,35,41);7-9,13-14,20,22,25H,10-12,15-19H2,1-6H3,(H2,32,39)(H,33,37)(H2,34,35,41)/t22?,24?,25-;22?,25-/m11/s1. The second-order valence-corrected chi connectivity index (χ2v) is 27.9. The van der Waals surface area contributed by atoms with Crippen LogP contribution in [0.4, 0.5) is 9.59 Å². The Labute approximate surface area is 485 Å². The van der Waals surface area contributed by atoms with E-state index in [1.807, 2.05) is 144 Å². The van der Waals surface area contributed by atoms with Crippen molar-refractivity contribution in [3.8, 4) is 0 Å². The van der Waals surface area contributed by atoms with Crippen molar-refractivity contribution in [1.29, 1.82) is 0 Å². The first-order valence-electron chi connectivity index (χ1n) is 29.3. The normalized spacial score (nSPS) is 18.3. The van der Waals surface area contributed by atoms with Gasteiger partial charge in [0.05, 0.1) is 25.2 Å². The number of hydrogen-bond donors (Lipinski definition) is 9. The molecule has 4 saturated carbocycles. The molecule has 0 radical (unpaired) electrons. The number of rotatable bonds is 24. The number of carbonyl (C=O) groups is 9. The molecule has 0 aliphatic heterocycles. The van der Waals surface area contributed by atoms with E-state index in [0.29, 0.717) is 25.3 Å². The third-order valence-corrected chi connectivity index (χ3v) is 16.0. The molecular weight excluding hydrogens is 1040 g/mol. The molecule has 0 spiro atoms. The van der Waals surface area contributed by atoms with Gasteiger partial charge in [0.2, 0.25) is 35.3 Å². The molecule has 2 aromatic carbocycles. The summed E-state index contributed by atoms with van der Waals surface area (Å²) in [4.78, 5) is 120. The van der Waals surface area contributed by atoms with Crippen molar-refractivity contribution in [2.24, 2.45) is 34.1 Å². The van der Waals surface area contributed by atoms with Gasteiger partial charge in [0.25, 0.3) is 5.91 Å². The van der Waals surface area contributed by atoms with Crippen molar-refractivity contribution >= 4 is 53.3 Å². The van der Waals surface area contributed by atoms with E-state index < -0.39 is 99.6 Å². The fourth-order valence-electron chi connectivity index (χ4n) is 10.7. The quantitative estimate of drug-likeness (QED) is 0.0606. The number of aliphatic hydroxyl groups is 1. The van der Waals surface area contributed by atoms with Crippen molar-refractivity contribution in [2.45, 2.75) is 212 Å². The SMILES string of the molecule is CC(C)(C)NC(=O)N[C@H](C(=O)N(CC(=O)NC(CC1CCC1)C(=O)C(N)=O)CC1(c2ccccc2)CC1)C(C)(C)C.CC(C)(C)NC(=O)N[C@H](C(=O)N(CC(=O)NC(CC1CCC1)C(O)C(N)=O)CC1(c2ccccc2)CC1)C(C)(C)C. The zero-order chi connectivity index (χ0) is 61.2. The Bertz CT molecular complexity index is 2570. The van der Waals surface area contributed by atoms with Crippen molar-refractivity contribution in [1.82, 2.24) is 41.7 Å². The van der Waals surface area contributed by atoms with Crippen LogP contribution in [0.3, 0.4) is 0 Å². The molecule has 20 nitrogen and oxygen atoms in total. The minimum absolute atomic E-state index is 0.241. The van der Waals surface area contributed by atoms with Crippen LogP contribution in [0.25, 0.3) is 0 Å². The highest BCUT2D eigenvalue weighted by atomic mass is 16.3. The third kappa shape index (κ3) is 19.8. The number of amides is 10. The van der Waals surface area contributed by atoms with E-state index >= 15 is 0 Å². The van der Waals surface area contributed by atoms with E-state index in [0.717, 1.165) is 75.3 Å². The molecule has 4 aliphatic carbocycles. The summed E-state index contributed by atoms with van der Waals surface area (Å²) in [5.41, 5.74) is 9.91. The minimum Gasteiger partial charge on any atom is -0.381 e. The molecule has 0 heterocycles. The predicted octanol–water partition coefficient (Wildman–Crippen LogP) is 5.37. The second kappa shape index (κ2) is 27.2. The molecule has 4 fully saturated rings. The number of nitrogens with two attached hydrogens (primary N) is 2. The lowest BCUT2D eigenvalue weighted by Gasteiger charge is -2.37. The Kier molecular flexibility index (Phi) is 22.0. The number of urea groups is 2. The summed E-state index contributed by atoms with van der Waals surface area (Å²) in [7, 11) is 0. The number of nitrogens with zero attached hydrogens (tertiary/aromatic N) is 2. The third-order valence-electron chi connectivity index (χ3n) is 16.0. The van der Waals surface area contributed by atoms with Gasteiger partial charge in [-0.05, 0) is 114 Å². The van der Waals surface area contributed by atoms with Crippen molar-refractivity contribution < 1.29 is 48.3 Å². The summed E-state index contributed by atoms with van der Waals surface area (Å²) in [6.07, 6.45) is 8.62. The summed E-state index contributed by atoms with van der Waals surface area (Å²) in [6, 6.07) is 15.1. The Morgan fingerprint density at radius 2 is 0.915 bits per heavy atom. The largest absolute Gasteiger partial charge is 0.381 e. The molecule has 4 aliphatic rings. The van der Waals surface area contributed by atoms with Gasteiger partial charge in [0, 0.05) is 35.0 Å². The zero-order valence-corrected chi connectivity index (χ0v) is 50.8. The molecule has 82 heavy (non-hydrogen) atoms. The first-order chi connectivity index (χ1) is 38.0. The highest BCUT2D eigenvalue weighted by molar-refractivity contribution is 6.37. The molecule has 0 bridgehead atoms. The summed E-state index contributed by atoms with van der Waals surface area (Å²) in [5, 5.41) is 27.3. The highest BCUT2D eigenvalue weighted by Gasteiger charge is 2.50. The lowest BCUT2D eigenvalue weighted by Crippen LogP contribution is -2.60. The zero-order valence-electron chi connectivity index (χ0n) is 50.8. The number of ketones is 1. The average molecular weight is 1140 g/mol. The van der Waals surface area contributed by atoms with Gasteiger partial charge in [-0.3, -0.25) is 33.6 Å². The lowest BCUT2D eigenvalue weighted by atomic mass is 9.80. The molecule has 20 heteroatoms. The molecule has 3 unspecified atom stereocenters. The van der Waals surface area contributed by atoms with Crippen LogP contribution >= 0.6 is 0 Å². The molecule has 0 saturated heterocycles. The first-order valence-corrected chi connectivity index (χ1v) is 29.3. The minimum atomic E-state index is -1.52. The number of benzene rings is 2. The molecule has 454 valence electrons. The van der Waals surface area contributed by atoms with Gasteiger partial charge in [-0.2, -0.15) is 0 Å². The predicted molar refractivity (Wildman–Crippen MR) is 314 cm³/mol. The number of hydrogen-bond acceptors (Lipinski definition) is 10. The van der Waals surface area contributed by atoms with E-state index in [-0.39, 0.29) is 42.3 Å². The van der Waals surface area contributed by atoms with E-state index in [4.69, 9.17) is 11.5 Å². The lowest BCUT2D eigenvalue weighted by molar-refractivity contribution is -0.142. The second-order valence-electron chi connectivity index (χ2n) is 27.9. The van der Waals surface area contributed by atoms with Gasteiger partial charge < -0.3 is 58.3 Å². The van der Waals surface area contributed by atoms with Gasteiger partial charge in [-0.15, -0.1) is 0 Å². The van der Waals surface area contributed by atoms with Gasteiger partial charge in [-0.25, -0.2) is 9.59 Å². The number of carbonyl (C=O) groups excluding carboxylic acids is 9. The van der Waals surface area contributed by atoms with Crippen LogP contribution in [0, 0.1) is 22.7 Å². The van der Waals surface area contributed by atoms with E-state index in [2.05, 4.69) is 31.9 Å². The smallest absolute Gasteiger partial charge is 0.315 e. The highest BCUT2D eigenvalue weighted by Crippen LogP contribution is 2.50. The summed E-state index contributed by atoms with van der Waals surface area (Å²) >= 11 is 0. The number of primary amides is 2. The molecule has 10 amide bonds. The van der Waals surface area contributed by atoms with Crippen molar-refractivity contribution in [2.75, 3.05) is 26.2 Å².